The van der Waals surface area contributed by atoms with E-state index in [0.29, 0.717) is 50.7 Å². The highest BCUT2D eigenvalue weighted by Crippen LogP contribution is 2.12. The summed E-state index contributed by atoms with van der Waals surface area (Å²) in [5, 5.41) is 25.9. The standard InChI is InChI=1S/C20H32N3O6/c1-5-26-19(27-6-2)14-21-12-16-9-10-17(18(11-16)23(24)25)13-22-15-20(28-7-3)29-8-4/h9-13,19-20,22H,5-8,14-15H2,1-4H3/q-1. The second-order valence-corrected chi connectivity index (χ2v) is 5.80. The predicted octanol–water partition coefficient (Wildman–Crippen LogP) is 2.27. The van der Waals surface area contributed by atoms with Crippen LogP contribution in [-0.2, 0) is 18.9 Å². The lowest BCUT2D eigenvalue weighted by molar-refractivity contribution is -0.377. The van der Waals surface area contributed by atoms with Crippen LogP contribution in [0.5, 0.6) is 0 Å². The smallest absolute Gasteiger partial charge is 0.232 e. The molecule has 0 amide bonds. The maximum absolute atomic E-state index is 11.5. The van der Waals surface area contributed by atoms with Crippen molar-refractivity contribution >= 4 is 11.9 Å². The summed E-state index contributed by atoms with van der Waals surface area (Å²) < 4.78 is 21.7. The molecule has 1 aliphatic rings. The molecule has 0 unspecified atom stereocenters. The lowest BCUT2D eigenvalue weighted by Crippen LogP contribution is -2.29. The number of nitrogens with one attached hydrogen (secondary N) is 1. The van der Waals surface area contributed by atoms with Crippen molar-refractivity contribution in [3.63, 3.8) is 0 Å². The number of hydrogen-bond donors (Lipinski definition) is 1. The minimum atomic E-state index is -0.420. The highest BCUT2D eigenvalue weighted by atomic mass is 16.8. The van der Waals surface area contributed by atoms with Crippen molar-refractivity contribution in [1.82, 2.24) is 5.32 Å². The maximum Gasteiger partial charge on any atom is 0.232 e. The Hall–Kier alpha value is -2.20. The van der Waals surface area contributed by atoms with Crippen LogP contribution in [0.25, 0.3) is 0 Å². The normalized spacial score (nSPS) is 15.7. The van der Waals surface area contributed by atoms with Crippen molar-refractivity contribution in [2.75, 3.05) is 39.5 Å². The second kappa shape index (κ2) is 14.7. The van der Waals surface area contributed by atoms with E-state index in [0.717, 1.165) is 0 Å². The summed E-state index contributed by atoms with van der Waals surface area (Å²) in [6.07, 6.45) is 7.26. The largest absolute Gasteiger partial charge is 0.612 e. The highest BCUT2D eigenvalue weighted by molar-refractivity contribution is 6.12. The summed E-state index contributed by atoms with van der Waals surface area (Å²) in [5.41, 5.74) is 1.07. The Morgan fingerprint density at radius 2 is 1.55 bits per heavy atom. The number of allylic oxidation sites excluding steroid dienone is 5. The van der Waals surface area contributed by atoms with Gasteiger partial charge in [-0.05, 0) is 39.3 Å². The number of rotatable bonds is 14. The molecule has 164 valence electrons. The molecule has 0 atom stereocenters. The molecular weight excluding hydrogens is 378 g/mol. The fourth-order valence-electron chi connectivity index (χ4n) is 2.49. The van der Waals surface area contributed by atoms with Gasteiger partial charge in [-0.25, -0.2) is 0 Å². The fourth-order valence-corrected chi connectivity index (χ4v) is 2.49. The number of nitrogens with zero attached hydrogens (tertiary/aromatic N) is 2. The van der Waals surface area contributed by atoms with Crippen LogP contribution in [-0.4, -0.2) is 68.9 Å². The van der Waals surface area contributed by atoms with E-state index in [-0.39, 0.29) is 5.71 Å². The zero-order chi connectivity index (χ0) is 21.5. The second-order valence-electron chi connectivity index (χ2n) is 5.80. The van der Waals surface area contributed by atoms with Gasteiger partial charge in [0, 0.05) is 44.9 Å². The topological polar surface area (TPSA) is 110 Å². The van der Waals surface area contributed by atoms with Crippen LogP contribution in [0, 0.1) is 10.4 Å². The van der Waals surface area contributed by atoms with E-state index >= 15 is 0 Å². The molecule has 9 heteroatoms. The van der Waals surface area contributed by atoms with Crippen molar-refractivity contribution in [1.29, 1.82) is 0 Å². The number of aliphatic imine (C=N–C) groups is 1. The first-order valence-electron chi connectivity index (χ1n) is 9.86. The van der Waals surface area contributed by atoms with Crippen molar-refractivity contribution in [2.45, 2.75) is 40.3 Å². The Labute approximate surface area is 172 Å². The van der Waals surface area contributed by atoms with Gasteiger partial charge >= 0.3 is 0 Å². The Morgan fingerprint density at radius 3 is 2.10 bits per heavy atom. The van der Waals surface area contributed by atoms with Gasteiger partial charge in [0.05, 0.1) is 18.7 Å². The van der Waals surface area contributed by atoms with E-state index in [2.05, 4.69) is 10.3 Å². The van der Waals surface area contributed by atoms with Crippen molar-refractivity contribution in [3.8, 4) is 0 Å². The molecular formula is C20H32N3O6-. The van der Waals surface area contributed by atoms with Gasteiger partial charge in [-0.2, -0.15) is 4.90 Å². The van der Waals surface area contributed by atoms with Gasteiger partial charge in [-0.1, -0.05) is 6.08 Å². The molecule has 0 aromatic rings. The molecule has 0 spiro atoms. The molecule has 0 aliphatic heterocycles. The summed E-state index contributed by atoms with van der Waals surface area (Å²) in [4.78, 5) is 3.86. The van der Waals surface area contributed by atoms with Crippen LogP contribution in [0.3, 0.4) is 0 Å². The van der Waals surface area contributed by atoms with Crippen LogP contribution < -0.4 is 5.32 Å². The van der Waals surface area contributed by atoms with Crippen molar-refractivity contribution < 1.29 is 23.8 Å². The third kappa shape index (κ3) is 9.71. The number of ether oxygens (including phenoxy) is 4. The molecule has 1 rings (SSSR count). The zero-order valence-corrected chi connectivity index (χ0v) is 17.6. The Balaban J connectivity index is 2.74. The van der Waals surface area contributed by atoms with Gasteiger partial charge in [0.25, 0.3) is 0 Å². The summed E-state index contributed by atoms with van der Waals surface area (Å²) >= 11 is 0. The molecule has 0 aromatic heterocycles. The Morgan fingerprint density at radius 1 is 0.966 bits per heavy atom. The maximum atomic E-state index is 11.5. The molecule has 0 heterocycles. The van der Waals surface area contributed by atoms with Gasteiger partial charge in [0.1, 0.15) is 0 Å². The van der Waals surface area contributed by atoms with Gasteiger partial charge in [-0.3, -0.25) is 4.99 Å². The molecule has 1 aliphatic carbocycles. The van der Waals surface area contributed by atoms with Gasteiger partial charge in [-0.15, -0.1) is 0 Å². The van der Waals surface area contributed by atoms with E-state index in [1.54, 1.807) is 24.6 Å². The minimum Gasteiger partial charge on any atom is -0.612 e. The fraction of sp³-hybridized carbons (Fsp3) is 0.600. The third-order valence-corrected chi connectivity index (χ3v) is 3.70. The van der Waals surface area contributed by atoms with Crippen molar-refractivity contribution in [3.05, 3.63) is 46.0 Å². The highest BCUT2D eigenvalue weighted by Gasteiger charge is 2.15. The molecule has 0 aromatic carbocycles. The lowest BCUT2D eigenvalue weighted by Gasteiger charge is -2.17. The van der Waals surface area contributed by atoms with E-state index in [4.69, 9.17) is 18.9 Å². The zero-order valence-electron chi connectivity index (χ0n) is 17.6. The summed E-state index contributed by atoms with van der Waals surface area (Å²) in [7, 11) is 0. The molecule has 0 fully saturated rings. The van der Waals surface area contributed by atoms with Gasteiger partial charge in [0.2, 0.25) is 5.71 Å². The van der Waals surface area contributed by atoms with Gasteiger partial charge in [0.15, 0.2) is 12.6 Å². The summed E-state index contributed by atoms with van der Waals surface area (Å²) in [5.74, 6) is 0. The van der Waals surface area contributed by atoms with E-state index in [9.17, 15) is 10.4 Å². The van der Waals surface area contributed by atoms with Gasteiger partial charge < -0.3 is 34.7 Å². The molecule has 0 bridgehead atoms. The quantitative estimate of drug-likeness (QED) is 0.202. The lowest BCUT2D eigenvalue weighted by atomic mass is 10.0. The average Bonchev–Trinajstić information content (AvgIpc) is 2.69. The van der Waals surface area contributed by atoms with E-state index in [1.165, 1.54) is 6.08 Å². The monoisotopic (exact) mass is 410 g/mol. The summed E-state index contributed by atoms with van der Waals surface area (Å²) in [6.45, 7) is 10.3. The molecule has 1 N–H and O–H groups in total. The molecule has 0 saturated carbocycles. The summed E-state index contributed by atoms with van der Waals surface area (Å²) in [6, 6.07) is 0. The first-order valence-corrected chi connectivity index (χ1v) is 9.86. The third-order valence-electron chi connectivity index (χ3n) is 3.70. The SMILES string of the molecule is CCOC(CN=CC1=CC(=[N+]([O-])[O-])C(=CNCC(OCC)OCC)C=C1)OCC. The van der Waals surface area contributed by atoms with Crippen LogP contribution in [0.2, 0.25) is 0 Å². The first kappa shape index (κ1) is 24.8. The van der Waals surface area contributed by atoms with Crippen LogP contribution in [0.4, 0.5) is 0 Å². The average molecular weight is 410 g/mol. The van der Waals surface area contributed by atoms with Crippen LogP contribution >= 0.6 is 0 Å². The predicted molar refractivity (Wildman–Crippen MR) is 113 cm³/mol. The number of hydrogen-bond acceptors (Lipinski definition) is 8. The molecule has 9 nitrogen and oxygen atoms in total. The minimum absolute atomic E-state index is 0.0167. The van der Waals surface area contributed by atoms with E-state index in [1.807, 2.05) is 27.7 Å². The van der Waals surface area contributed by atoms with Crippen LogP contribution in [0.15, 0.2) is 40.6 Å². The Bertz CT molecular complexity index is 612. The molecule has 29 heavy (non-hydrogen) atoms. The first-order chi connectivity index (χ1) is 14.0. The Kier molecular flexibility index (Phi) is 12.6. The molecule has 0 radical (unpaired) electrons. The van der Waals surface area contributed by atoms with Crippen LogP contribution in [0.1, 0.15) is 27.7 Å². The van der Waals surface area contributed by atoms with E-state index < -0.39 is 17.5 Å². The van der Waals surface area contributed by atoms with Crippen molar-refractivity contribution in [2.24, 2.45) is 4.99 Å². The molecule has 0 saturated heterocycles.